The Labute approximate surface area is 115 Å². The maximum absolute atomic E-state index is 3.54. The summed E-state index contributed by atoms with van der Waals surface area (Å²) < 4.78 is 0. The maximum Gasteiger partial charge on any atom is 0.0205 e. The normalized spacial score (nSPS) is 14.9. The highest BCUT2D eigenvalue weighted by Gasteiger charge is 2.19. The van der Waals surface area contributed by atoms with E-state index in [2.05, 4.69) is 53.1 Å². The maximum atomic E-state index is 3.54. The van der Waals surface area contributed by atoms with E-state index in [-0.39, 0.29) is 0 Å². The SMILES string of the molecule is c1ccc2cc(CNCCCNC3CC3)ccc2c1. The molecule has 2 heteroatoms. The van der Waals surface area contributed by atoms with E-state index in [1.807, 2.05) is 0 Å². The van der Waals surface area contributed by atoms with Gasteiger partial charge in [-0.05, 0) is 54.8 Å². The molecule has 0 saturated heterocycles. The molecular weight excluding hydrogens is 232 g/mol. The molecule has 3 rings (SSSR count). The second-order valence-electron chi connectivity index (χ2n) is 5.44. The largest absolute Gasteiger partial charge is 0.314 e. The molecule has 2 aromatic carbocycles. The van der Waals surface area contributed by atoms with E-state index in [4.69, 9.17) is 0 Å². The van der Waals surface area contributed by atoms with Gasteiger partial charge in [0, 0.05) is 12.6 Å². The minimum Gasteiger partial charge on any atom is -0.314 e. The van der Waals surface area contributed by atoms with Gasteiger partial charge >= 0.3 is 0 Å². The Balaban J connectivity index is 1.42. The van der Waals surface area contributed by atoms with Crippen molar-refractivity contribution >= 4 is 10.8 Å². The molecule has 0 radical (unpaired) electrons. The Morgan fingerprint density at radius 1 is 0.947 bits per heavy atom. The van der Waals surface area contributed by atoms with Gasteiger partial charge in [0.25, 0.3) is 0 Å². The Hall–Kier alpha value is -1.38. The lowest BCUT2D eigenvalue weighted by atomic mass is 10.1. The summed E-state index contributed by atoms with van der Waals surface area (Å²) >= 11 is 0. The lowest BCUT2D eigenvalue weighted by Crippen LogP contribution is -2.23. The molecule has 0 bridgehead atoms. The molecule has 1 aliphatic carbocycles. The number of hydrogen-bond acceptors (Lipinski definition) is 2. The van der Waals surface area contributed by atoms with Gasteiger partial charge in [0.1, 0.15) is 0 Å². The van der Waals surface area contributed by atoms with Crippen molar-refractivity contribution in [2.45, 2.75) is 31.8 Å². The van der Waals surface area contributed by atoms with Gasteiger partial charge in [-0.1, -0.05) is 36.4 Å². The van der Waals surface area contributed by atoms with Gasteiger partial charge in [-0.25, -0.2) is 0 Å². The monoisotopic (exact) mass is 254 g/mol. The summed E-state index contributed by atoms with van der Waals surface area (Å²) in [6, 6.07) is 16.1. The average Bonchev–Trinajstić information content (AvgIpc) is 3.27. The molecule has 100 valence electrons. The molecule has 0 unspecified atom stereocenters. The van der Waals surface area contributed by atoms with Gasteiger partial charge in [0.2, 0.25) is 0 Å². The van der Waals surface area contributed by atoms with Crippen molar-refractivity contribution in [3.8, 4) is 0 Å². The second kappa shape index (κ2) is 6.18. The van der Waals surface area contributed by atoms with Crippen LogP contribution in [0.15, 0.2) is 42.5 Å². The first-order valence-corrected chi connectivity index (χ1v) is 7.33. The highest BCUT2D eigenvalue weighted by atomic mass is 14.9. The molecule has 2 nitrogen and oxygen atoms in total. The zero-order valence-electron chi connectivity index (χ0n) is 11.4. The topological polar surface area (TPSA) is 24.1 Å². The molecule has 2 aromatic rings. The van der Waals surface area contributed by atoms with Crippen LogP contribution in [0.25, 0.3) is 10.8 Å². The first-order chi connectivity index (χ1) is 9.42. The first-order valence-electron chi connectivity index (χ1n) is 7.33. The molecule has 2 N–H and O–H groups in total. The molecule has 19 heavy (non-hydrogen) atoms. The van der Waals surface area contributed by atoms with Crippen LogP contribution in [-0.2, 0) is 6.54 Å². The predicted molar refractivity (Wildman–Crippen MR) is 81.3 cm³/mol. The predicted octanol–water partition coefficient (Wildman–Crippen LogP) is 3.07. The lowest BCUT2D eigenvalue weighted by Gasteiger charge is -2.07. The van der Waals surface area contributed by atoms with E-state index in [0.29, 0.717) is 0 Å². The highest BCUT2D eigenvalue weighted by Crippen LogP contribution is 2.18. The summed E-state index contributed by atoms with van der Waals surface area (Å²) in [6.45, 7) is 3.20. The Kier molecular flexibility index (Phi) is 4.11. The van der Waals surface area contributed by atoms with Crippen LogP contribution in [0.5, 0.6) is 0 Å². The molecule has 0 heterocycles. The van der Waals surface area contributed by atoms with E-state index in [1.165, 1.54) is 35.6 Å². The number of fused-ring (bicyclic) bond motifs is 1. The Morgan fingerprint density at radius 3 is 2.63 bits per heavy atom. The van der Waals surface area contributed by atoms with E-state index >= 15 is 0 Å². The minimum absolute atomic E-state index is 0.834. The van der Waals surface area contributed by atoms with E-state index in [1.54, 1.807) is 0 Å². The van der Waals surface area contributed by atoms with Gasteiger partial charge in [0.15, 0.2) is 0 Å². The van der Waals surface area contributed by atoms with Crippen molar-refractivity contribution in [1.82, 2.24) is 10.6 Å². The molecule has 0 spiro atoms. The zero-order chi connectivity index (χ0) is 12.9. The van der Waals surface area contributed by atoms with Crippen LogP contribution in [-0.4, -0.2) is 19.1 Å². The van der Waals surface area contributed by atoms with Crippen LogP contribution in [0.4, 0.5) is 0 Å². The van der Waals surface area contributed by atoms with Crippen molar-refractivity contribution < 1.29 is 0 Å². The van der Waals surface area contributed by atoms with Crippen LogP contribution in [0, 0.1) is 0 Å². The number of benzene rings is 2. The van der Waals surface area contributed by atoms with Gasteiger partial charge in [0.05, 0.1) is 0 Å². The van der Waals surface area contributed by atoms with Crippen molar-refractivity contribution in [3.05, 3.63) is 48.0 Å². The standard InChI is InChI=1S/C17H22N2/c1-2-5-16-12-14(6-7-15(16)4-1)13-18-10-3-11-19-17-8-9-17/h1-2,4-7,12,17-19H,3,8-11,13H2. The third-order valence-electron chi connectivity index (χ3n) is 3.68. The average molecular weight is 254 g/mol. The second-order valence-corrected chi connectivity index (χ2v) is 5.44. The zero-order valence-corrected chi connectivity index (χ0v) is 11.4. The molecule has 1 saturated carbocycles. The van der Waals surface area contributed by atoms with E-state index < -0.39 is 0 Å². The summed E-state index contributed by atoms with van der Waals surface area (Å²) in [6.07, 6.45) is 3.97. The lowest BCUT2D eigenvalue weighted by molar-refractivity contribution is 0.593. The van der Waals surface area contributed by atoms with E-state index in [9.17, 15) is 0 Å². The fourth-order valence-corrected chi connectivity index (χ4v) is 2.39. The Morgan fingerprint density at radius 2 is 1.79 bits per heavy atom. The third-order valence-corrected chi connectivity index (χ3v) is 3.68. The summed E-state index contributed by atoms with van der Waals surface area (Å²) in [5.74, 6) is 0. The molecule has 0 amide bonds. The molecular formula is C17H22N2. The van der Waals surface area contributed by atoms with Crippen LogP contribution < -0.4 is 10.6 Å². The minimum atomic E-state index is 0.834. The number of rotatable bonds is 7. The number of hydrogen-bond donors (Lipinski definition) is 2. The van der Waals surface area contributed by atoms with Crippen molar-refractivity contribution in [2.75, 3.05) is 13.1 Å². The van der Waals surface area contributed by atoms with E-state index in [0.717, 1.165) is 25.7 Å². The van der Waals surface area contributed by atoms with Gasteiger partial charge in [-0.2, -0.15) is 0 Å². The highest BCUT2D eigenvalue weighted by molar-refractivity contribution is 5.82. The molecule has 1 aliphatic rings. The first kappa shape index (κ1) is 12.6. The van der Waals surface area contributed by atoms with Gasteiger partial charge in [-0.3, -0.25) is 0 Å². The molecule has 0 aliphatic heterocycles. The fraction of sp³-hybridized carbons (Fsp3) is 0.412. The third kappa shape index (κ3) is 3.79. The summed E-state index contributed by atoms with van der Waals surface area (Å²) in [5.41, 5.74) is 1.37. The smallest absolute Gasteiger partial charge is 0.0205 e. The van der Waals surface area contributed by atoms with Crippen LogP contribution in [0.3, 0.4) is 0 Å². The van der Waals surface area contributed by atoms with Crippen LogP contribution in [0.1, 0.15) is 24.8 Å². The van der Waals surface area contributed by atoms with Crippen molar-refractivity contribution in [2.24, 2.45) is 0 Å². The quantitative estimate of drug-likeness (QED) is 0.742. The van der Waals surface area contributed by atoms with Crippen molar-refractivity contribution in [1.29, 1.82) is 0 Å². The van der Waals surface area contributed by atoms with Gasteiger partial charge < -0.3 is 10.6 Å². The van der Waals surface area contributed by atoms with Crippen LogP contribution >= 0.6 is 0 Å². The molecule has 0 aromatic heterocycles. The molecule has 1 fully saturated rings. The summed E-state index contributed by atoms with van der Waals surface area (Å²) in [4.78, 5) is 0. The van der Waals surface area contributed by atoms with Crippen LogP contribution in [0.2, 0.25) is 0 Å². The van der Waals surface area contributed by atoms with Gasteiger partial charge in [-0.15, -0.1) is 0 Å². The summed E-state index contributed by atoms with van der Waals surface area (Å²) in [7, 11) is 0. The Bertz CT molecular complexity index is 532. The number of nitrogens with one attached hydrogen (secondary N) is 2. The van der Waals surface area contributed by atoms with Crippen molar-refractivity contribution in [3.63, 3.8) is 0 Å². The molecule has 0 atom stereocenters. The fourth-order valence-electron chi connectivity index (χ4n) is 2.39. The summed E-state index contributed by atoms with van der Waals surface area (Å²) in [5, 5.41) is 9.71.